The molecule has 0 bridgehead atoms. The molecule has 2 aromatic heterocycles. The predicted molar refractivity (Wildman–Crippen MR) is 87.9 cm³/mol. The molecule has 2 heterocycles. The van der Waals surface area contributed by atoms with Gasteiger partial charge in [0.2, 0.25) is 0 Å². The second-order valence-corrected chi connectivity index (χ2v) is 5.91. The van der Waals surface area contributed by atoms with Gasteiger partial charge in [0.05, 0.1) is 0 Å². The van der Waals surface area contributed by atoms with Crippen LogP contribution in [0, 0.1) is 13.8 Å². The number of carbonyl (C=O) groups is 1. The molecule has 0 aliphatic rings. The van der Waals surface area contributed by atoms with Crippen LogP contribution < -0.4 is 5.32 Å². The Labute approximate surface area is 135 Å². The summed E-state index contributed by atoms with van der Waals surface area (Å²) in [6.45, 7) is 3.80. The first-order chi connectivity index (χ1) is 10.5. The summed E-state index contributed by atoms with van der Waals surface area (Å²) >= 11 is 3.40. The number of nitrogens with zero attached hydrogens (tertiary/aromatic N) is 1. The maximum Gasteiger partial charge on any atom is 0.276 e. The number of benzene rings is 1. The van der Waals surface area contributed by atoms with E-state index in [4.69, 9.17) is 4.42 Å². The van der Waals surface area contributed by atoms with Gasteiger partial charge in [0.15, 0.2) is 11.5 Å². The van der Waals surface area contributed by atoms with Crippen LogP contribution in [0.4, 0.5) is 5.69 Å². The second kappa shape index (κ2) is 5.81. The van der Waals surface area contributed by atoms with E-state index >= 15 is 0 Å². The molecule has 0 atom stereocenters. The quantitative estimate of drug-likeness (QED) is 0.732. The van der Waals surface area contributed by atoms with E-state index in [0.29, 0.717) is 17.1 Å². The molecule has 1 amide bonds. The maximum atomic E-state index is 12.3. The third kappa shape index (κ3) is 2.96. The van der Waals surface area contributed by atoms with Crippen LogP contribution in [0.3, 0.4) is 0 Å². The Kier molecular flexibility index (Phi) is 3.85. The first-order valence-corrected chi connectivity index (χ1v) is 7.52. The van der Waals surface area contributed by atoms with E-state index in [1.54, 1.807) is 6.07 Å². The molecule has 1 aromatic carbocycles. The molecule has 0 saturated carbocycles. The Morgan fingerprint density at radius 2 is 2.05 bits per heavy atom. The highest BCUT2D eigenvalue weighted by Crippen LogP contribution is 2.22. The molecule has 0 spiro atoms. The number of amides is 1. The molecule has 2 N–H and O–H groups in total. The largest absolute Gasteiger partial charge is 0.460 e. The van der Waals surface area contributed by atoms with Crippen molar-refractivity contribution in [1.29, 1.82) is 0 Å². The lowest BCUT2D eigenvalue weighted by Crippen LogP contribution is -2.13. The Bertz CT molecular complexity index is 836. The van der Waals surface area contributed by atoms with Crippen molar-refractivity contribution in [2.24, 2.45) is 0 Å². The van der Waals surface area contributed by atoms with Crippen molar-refractivity contribution >= 4 is 27.5 Å². The second-order valence-electron chi connectivity index (χ2n) is 4.99. The third-order valence-corrected chi connectivity index (χ3v) is 3.75. The molecule has 3 aromatic rings. The smallest absolute Gasteiger partial charge is 0.276 e. The molecule has 0 aliphatic heterocycles. The molecule has 112 valence electrons. The number of carbonyl (C=O) groups excluding carboxylic acids is 1. The van der Waals surface area contributed by atoms with E-state index in [1.165, 1.54) is 0 Å². The minimum absolute atomic E-state index is 0.267. The van der Waals surface area contributed by atoms with E-state index < -0.39 is 0 Å². The predicted octanol–water partition coefficient (Wildman–Crippen LogP) is 4.30. The van der Waals surface area contributed by atoms with Crippen molar-refractivity contribution < 1.29 is 9.21 Å². The number of aryl methyl sites for hydroxylation is 2. The zero-order chi connectivity index (χ0) is 15.7. The van der Waals surface area contributed by atoms with E-state index in [2.05, 4.69) is 31.4 Å². The molecular weight excluding hydrogens is 346 g/mol. The van der Waals surface area contributed by atoms with Crippen molar-refractivity contribution in [3.63, 3.8) is 0 Å². The van der Waals surface area contributed by atoms with Crippen molar-refractivity contribution in [1.82, 2.24) is 10.2 Å². The van der Waals surface area contributed by atoms with Crippen LogP contribution in [-0.4, -0.2) is 16.1 Å². The lowest BCUT2D eigenvalue weighted by atomic mass is 10.2. The highest BCUT2D eigenvalue weighted by Gasteiger charge is 2.14. The number of rotatable bonds is 3. The Morgan fingerprint density at radius 3 is 2.73 bits per heavy atom. The SMILES string of the molecule is Cc1ccc(-c2cc(C(=O)Nc3ccc(Br)cc3C)n[nH]2)o1. The van der Waals surface area contributed by atoms with Crippen LogP contribution in [-0.2, 0) is 0 Å². The molecule has 0 aliphatic carbocycles. The number of halogens is 1. The topological polar surface area (TPSA) is 70.9 Å². The van der Waals surface area contributed by atoms with Crippen LogP contribution in [0.25, 0.3) is 11.5 Å². The number of aromatic nitrogens is 2. The van der Waals surface area contributed by atoms with E-state index in [-0.39, 0.29) is 5.91 Å². The summed E-state index contributed by atoms with van der Waals surface area (Å²) in [5.41, 5.74) is 2.71. The van der Waals surface area contributed by atoms with Gasteiger partial charge < -0.3 is 9.73 Å². The summed E-state index contributed by atoms with van der Waals surface area (Å²) in [7, 11) is 0. The monoisotopic (exact) mass is 359 g/mol. The number of aromatic amines is 1. The fourth-order valence-corrected chi connectivity index (χ4v) is 2.57. The lowest BCUT2D eigenvalue weighted by molar-refractivity contribution is 0.102. The Morgan fingerprint density at radius 1 is 1.23 bits per heavy atom. The zero-order valence-corrected chi connectivity index (χ0v) is 13.7. The van der Waals surface area contributed by atoms with Gasteiger partial charge in [-0.2, -0.15) is 5.10 Å². The van der Waals surface area contributed by atoms with Crippen LogP contribution in [0.1, 0.15) is 21.8 Å². The highest BCUT2D eigenvalue weighted by atomic mass is 79.9. The standard InChI is InChI=1S/C16H14BrN3O2/c1-9-7-11(17)4-5-12(9)18-16(21)14-8-13(19-20-14)15-6-3-10(2)22-15/h3-8H,1-2H3,(H,18,21)(H,19,20). The number of anilines is 1. The summed E-state index contributed by atoms with van der Waals surface area (Å²) in [6, 6.07) is 11.0. The van der Waals surface area contributed by atoms with Gasteiger partial charge in [-0.05, 0) is 49.7 Å². The van der Waals surface area contributed by atoms with Gasteiger partial charge in [-0.25, -0.2) is 0 Å². The Balaban J connectivity index is 1.79. The summed E-state index contributed by atoms with van der Waals surface area (Å²) in [5, 5.41) is 9.70. The van der Waals surface area contributed by atoms with Crippen LogP contribution >= 0.6 is 15.9 Å². The normalized spacial score (nSPS) is 10.7. The van der Waals surface area contributed by atoms with Gasteiger partial charge in [0, 0.05) is 16.2 Å². The molecule has 6 heteroatoms. The van der Waals surface area contributed by atoms with Gasteiger partial charge >= 0.3 is 0 Å². The molecule has 5 nitrogen and oxygen atoms in total. The number of furan rings is 1. The van der Waals surface area contributed by atoms with Crippen molar-refractivity contribution in [3.05, 3.63) is 57.9 Å². The summed E-state index contributed by atoms with van der Waals surface area (Å²) in [4.78, 5) is 12.3. The molecule has 22 heavy (non-hydrogen) atoms. The lowest BCUT2D eigenvalue weighted by Gasteiger charge is -2.07. The van der Waals surface area contributed by atoms with Crippen molar-refractivity contribution in [2.45, 2.75) is 13.8 Å². The van der Waals surface area contributed by atoms with Gasteiger partial charge in [-0.1, -0.05) is 15.9 Å². The third-order valence-electron chi connectivity index (χ3n) is 3.25. The fraction of sp³-hybridized carbons (Fsp3) is 0.125. The highest BCUT2D eigenvalue weighted by molar-refractivity contribution is 9.10. The summed E-state index contributed by atoms with van der Waals surface area (Å²) in [6.07, 6.45) is 0. The number of nitrogens with one attached hydrogen (secondary N) is 2. The summed E-state index contributed by atoms with van der Waals surface area (Å²) < 4.78 is 6.48. The van der Waals surface area contributed by atoms with Gasteiger partial charge in [-0.3, -0.25) is 9.89 Å². The molecule has 3 rings (SSSR count). The summed E-state index contributed by atoms with van der Waals surface area (Å²) in [5.74, 6) is 1.20. The molecule has 0 unspecified atom stereocenters. The van der Waals surface area contributed by atoms with Gasteiger partial charge in [0.1, 0.15) is 11.5 Å². The molecule has 0 radical (unpaired) electrons. The van der Waals surface area contributed by atoms with Crippen LogP contribution in [0.5, 0.6) is 0 Å². The minimum Gasteiger partial charge on any atom is -0.460 e. The van der Waals surface area contributed by atoms with Crippen LogP contribution in [0.2, 0.25) is 0 Å². The van der Waals surface area contributed by atoms with E-state index in [1.807, 2.05) is 44.2 Å². The Hall–Kier alpha value is -2.34. The fourth-order valence-electron chi connectivity index (χ4n) is 2.10. The van der Waals surface area contributed by atoms with E-state index in [0.717, 1.165) is 21.5 Å². The molecule has 0 fully saturated rings. The van der Waals surface area contributed by atoms with Gasteiger partial charge in [-0.15, -0.1) is 0 Å². The van der Waals surface area contributed by atoms with Gasteiger partial charge in [0.25, 0.3) is 5.91 Å². The minimum atomic E-state index is -0.267. The first kappa shape index (κ1) is 14.6. The molecule has 0 saturated heterocycles. The number of hydrogen-bond donors (Lipinski definition) is 2. The first-order valence-electron chi connectivity index (χ1n) is 6.72. The van der Waals surface area contributed by atoms with Crippen molar-refractivity contribution in [2.75, 3.05) is 5.32 Å². The zero-order valence-electron chi connectivity index (χ0n) is 12.1. The average molecular weight is 360 g/mol. The molecular formula is C16H14BrN3O2. The van der Waals surface area contributed by atoms with Crippen molar-refractivity contribution in [3.8, 4) is 11.5 Å². The number of H-pyrrole nitrogens is 1. The average Bonchev–Trinajstić information content (AvgIpc) is 3.10. The van der Waals surface area contributed by atoms with E-state index in [9.17, 15) is 4.79 Å². The maximum absolute atomic E-state index is 12.3. The van der Waals surface area contributed by atoms with Crippen LogP contribution in [0.15, 0.2) is 45.3 Å². The number of hydrogen-bond acceptors (Lipinski definition) is 3.